The summed E-state index contributed by atoms with van der Waals surface area (Å²) in [5.41, 5.74) is 2.17. The minimum atomic E-state index is -0.337. The summed E-state index contributed by atoms with van der Waals surface area (Å²) in [7, 11) is 0. The van der Waals surface area contributed by atoms with E-state index in [1.54, 1.807) is 0 Å². The van der Waals surface area contributed by atoms with E-state index in [4.69, 9.17) is 16.3 Å². The molecule has 0 aliphatic carbocycles. The van der Waals surface area contributed by atoms with Gasteiger partial charge in [0.15, 0.2) is 10.8 Å². The highest BCUT2D eigenvalue weighted by molar-refractivity contribution is 6.33. The van der Waals surface area contributed by atoms with E-state index in [-0.39, 0.29) is 23.8 Å². The van der Waals surface area contributed by atoms with Crippen molar-refractivity contribution in [1.29, 1.82) is 0 Å². The monoisotopic (exact) mass is 345 g/mol. The topological polar surface area (TPSA) is 92.8 Å². The zero-order valence-corrected chi connectivity index (χ0v) is 13.7. The van der Waals surface area contributed by atoms with Gasteiger partial charge in [-0.15, -0.1) is 0 Å². The fourth-order valence-electron chi connectivity index (χ4n) is 2.31. The highest BCUT2D eigenvalue weighted by Gasteiger charge is 2.15. The standard InChI is InChI=1S/C16H16ClN5O2/c1-10(23)24-8-12(7-11-5-3-2-4-6-11)20-16-21-14(17)13-15(22-16)19-9-18-13/h2-6,9,12H,7-8H2,1H3,(H2,18,19,20,21,22). The Morgan fingerprint density at radius 3 is 2.88 bits per heavy atom. The first-order chi connectivity index (χ1) is 11.6. The van der Waals surface area contributed by atoms with Gasteiger partial charge in [-0.3, -0.25) is 4.79 Å². The summed E-state index contributed by atoms with van der Waals surface area (Å²) in [6, 6.07) is 9.69. The number of fused-ring (bicyclic) bond motifs is 1. The van der Waals surface area contributed by atoms with E-state index in [9.17, 15) is 4.79 Å². The maximum Gasteiger partial charge on any atom is 0.302 e. The molecule has 0 saturated carbocycles. The summed E-state index contributed by atoms with van der Waals surface area (Å²) >= 11 is 6.13. The van der Waals surface area contributed by atoms with Gasteiger partial charge in [0.25, 0.3) is 0 Å². The SMILES string of the molecule is CC(=O)OCC(Cc1ccccc1)Nc1nc(Cl)c2[nH]cnc2n1. The van der Waals surface area contributed by atoms with E-state index in [1.165, 1.54) is 13.3 Å². The van der Waals surface area contributed by atoms with Gasteiger partial charge in [-0.1, -0.05) is 41.9 Å². The smallest absolute Gasteiger partial charge is 0.302 e. The molecule has 3 rings (SSSR count). The number of halogens is 1. The normalized spacial score (nSPS) is 12.1. The molecule has 0 aliphatic rings. The minimum absolute atomic E-state index is 0.191. The van der Waals surface area contributed by atoms with Crippen molar-refractivity contribution in [2.75, 3.05) is 11.9 Å². The van der Waals surface area contributed by atoms with Crippen LogP contribution >= 0.6 is 11.6 Å². The predicted octanol–water partition coefficient (Wildman–Crippen LogP) is 2.59. The molecular weight excluding hydrogens is 330 g/mol. The third-order valence-corrected chi connectivity index (χ3v) is 3.66. The van der Waals surface area contributed by atoms with Crippen LogP contribution in [-0.2, 0) is 16.0 Å². The first-order valence-electron chi connectivity index (χ1n) is 7.42. The number of H-pyrrole nitrogens is 1. The van der Waals surface area contributed by atoms with Gasteiger partial charge < -0.3 is 15.0 Å². The molecule has 1 atom stereocenters. The largest absolute Gasteiger partial charge is 0.464 e. The number of aromatic amines is 1. The zero-order chi connectivity index (χ0) is 16.9. The van der Waals surface area contributed by atoms with Crippen LogP contribution in [0.5, 0.6) is 0 Å². The maximum absolute atomic E-state index is 11.1. The lowest BCUT2D eigenvalue weighted by Crippen LogP contribution is -2.30. The molecule has 0 amide bonds. The first kappa shape index (κ1) is 16.2. The Kier molecular flexibility index (Phi) is 4.90. The van der Waals surface area contributed by atoms with Crippen molar-refractivity contribution < 1.29 is 9.53 Å². The molecule has 1 unspecified atom stereocenters. The summed E-state index contributed by atoms with van der Waals surface area (Å²) in [5.74, 6) is 0.00393. The van der Waals surface area contributed by atoms with Crippen LogP contribution in [0.2, 0.25) is 5.15 Å². The molecule has 124 valence electrons. The lowest BCUT2D eigenvalue weighted by Gasteiger charge is -2.18. The van der Waals surface area contributed by atoms with Gasteiger partial charge in [0, 0.05) is 6.92 Å². The van der Waals surface area contributed by atoms with Crippen LogP contribution in [-0.4, -0.2) is 38.6 Å². The zero-order valence-electron chi connectivity index (χ0n) is 13.0. The molecule has 1 aromatic carbocycles. The quantitative estimate of drug-likeness (QED) is 0.527. The summed E-state index contributed by atoms with van der Waals surface area (Å²) < 4.78 is 5.14. The molecule has 8 heteroatoms. The molecular formula is C16H16ClN5O2. The molecule has 7 nitrogen and oxygen atoms in total. The number of nitrogens with zero attached hydrogens (tertiary/aromatic N) is 3. The third kappa shape index (κ3) is 3.99. The number of carbonyl (C=O) groups excluding carboxylic acids is 1. The second-order valence-corrected chi connectivity index (χ2v) is 5.63. The van der Waals surface area contributed by atoms with E-state index >= 15 is 0 Å². The van der Waals surface area contributed by atoms with Gasteiger partial charge in [0.05, 0.1) is 12.4 Å². The molecule has 0 spiro atoms. The van der Waals surface area contributed by atoms with Crippen molar-refractivity contribution in [2.45, 2.75) is 19.4 Å². The number of benzene rings is 1. The van der Waals surface area contributed by atoms with Crippen molar-refractivity contribution in [3.63, 3.8) is 0 Å². The molecule has 0 radical (unpaired) electrons. The lowest BCUT2D eigenvalue weighted by molar-refractivity contribution is -0.141. The Hall–Kier alpha value is -2.67. The second-order valence-electron chi connectivity index (χ2n) is 5.27. The fraction of sp³-hybridized carbons (Fsp3) is 0.250. The second kappa shape index (κ2) is 7.27. The van der Waals surface area contributed by atoms with Crippen molar-refractivity contribution >= 4 is 34.7 Å². The molecule has 0 aliphatic heterocycles. The molecule has 0 saturated heterocycles. The van der Waals surface area contributed by atoms with E-state index in [2.05, 4.69) is 25.3 Å². The Morgan fingerprint density at radius 1 is 1.33 bits per heavy atom. The Balaban J connectivity index is 1.79. The third-order valence-electron chi connectivity index (χ3n) is 3.39. The number of esters is 1. The number of imidazole rings is 1. The van der Waals surface area contributed by atoms with Crippen LogP contribution in [0.4, 0.5) is 5.95 Å². The number of hydrogen-bond donors (Lipinski definition) is 2. The van der Waals surface area contributed by atoms with E-state index < -0.39 is 0 Å². The van der Waals surface area contributed by atoms with Crippen LogP contribution < -0.4 is 5.32 Å². The molecule has 24 heavy (non-hydrogen) atoms. The average Bonchev–Trinajstić information content (AvgIpc) is 3.02. The highest BCUT2D eigenvalue weighted by atomic mass is 35.5. The average molecular weight is 346 g/mol. The fourth-order valence-corrected chi connectivity index (χ4v) is 2.53. The van der Waals surface area contributed by atoms with Crippen LogP contribution in [0.1, 0.15) is 12.5 Å². The van der Waals surface area contributed by atoms with Crippen LogP contribution in [0.25, 0.3) is 11.2 Å². The number of aromatic nitrogens is 4. The molecule has 2 aromatic heterocycles. The molecule has 0 bridgehead atoms. The number of carbonyl (C=O) groups is 1. The van der Waals surface area contributed by atoms with Crippen molar-refractivity contribution in [3.05, 3.63) is 47.4 Å². The van der Waals surface area contributed by atoms with E-state index in [1.807, 2.05) is 30.3 Å². The Labute approximate surface area is 143 Å². The molecule has 3 aromatic rings. The van der Waals surface area contributed by atoms with Crippen molar-refractivity contribution in [2.24, 2.45) is 0 Å². The maximum atomic E-state index is 11.1. The van der Waals surface area contributed by atoms with Gasteiger partial charge in [-0.25, -0.2) is 4.98 Å². The Bertz CT molecular complexity index is 837. The minimum Gasteiger partial charge on any atom is -0.464 e. The van der Waals surface area contributed by atoms with Crippen LogP contribution in [0, 0.1) is 0 Å². The predicted molar refractivity (Wildman–Crippen MR) is 90.9 cm³/mol. The van der Waals surface area contributed by atoms with Crippen molar-refractivity contribution in [3.8, 4) is 0 Å². The first-order valence-corrected chi connectivity index (χ1v) is 7.80. The van der Waals surface area contributed by atoms with Gasteiger partial charge in [-0.2, -0.15) is 9.97 Å². The van der Waals surface area contributed by atoms with Crippen molar-refractivity contribution in [1.82, 2.24) is 19.9 Å². The van der Waals surface area contributed by atoms with E-state index in [0.717, 1.165) is 5.56 Å². The number of nitrogens with one attached hydrogen (secondary N) is 2. The summed E-state index contributed by atoms with van der Waals surface area (Å²) in [4.78, 5) is 26.6. The van der Waals surface area contributed by atoms with Gasteiger partial charge in [0.2, 0.25) is 5.95 Å². The summed E-state index contributed by atoms with van der Waals surface area (Å²) in [6.45, 7) is 1.58. The molecule has 2 heterocycles. The number of anilines is 1. The Morgan fingerprint density at radius 2 is 2.12 bits per heavy atom. The number of rotatable bonds is 6. The van der Waals surface area contributed by atoms with Crippen LogP contribution in [0.15, 0.2) is 36.7 Å². The van der Waals surface area contributed by atoms with Gasteiger partial charge >= 0.3 is 5.97 Å². The lowest BCUT2D eigenvalue weighted by atomic mass is 10.1. The molecule has 2 N–H and O–H groups in total. The van der Waals surface area contributed by atoms with Crippen LogP contribution in [0.3, 0.4) is 0 Å². The van der Waals surface area contributed by atoms with Gasteiger partial charge in [-0.05, 0) is 12.0 Å². The van der Waals surface area contributed by atoms with E-state index in [0.29, 0.717) is 23.5 Å². The number of ether oxygens (including phenoxy) is 1. The summed E-state index contributed by atoms with van der Waals surface area (Å²) in [5, 5.41) is 3.45. The molecule has 0 fully saturated rings. The summed E-state index contributed by atoms with van der Waals surface area (Å²) in [6.07, 6.45) is 2.16. The highest BCUT2D eigenvalue weighted by Crippen LogP contribution is 2.19. The number of hydrogen-bond acceptors (Lipinski definition) is 6. The van der Waals surface area contributed by atoms with Gasteiger partial charge in [0.1, 0.15) is 12.1 Å².